The zero-order chi connectivity index (χ0) is 22.2. The van der Waals surface area contributed by atoms with Gasteiger partial charge in [-0.05, 0) is 34.8 Å². The molecule has 6 heteroatoms. The van der Waals surface area contributed by atoms with Crippen molar-refractivity contribution in [1.82, 2.24) is 0 Å². The van der Waals surface area contributed by atoms with E-state index >= 15 is 0 Å². The van der Waals surface area contributed by atoms with E-state index in [-0.39, 0.29) is 34.2 Å². The van der Waals surface area contributed by atoms with Gasteiger partial charge in [-0.2, -0.15) is 0 Å². The highest BCUT2D eigenvalue weighted by Gasteiger charge is 2.53. The van der Waals surface area contributed by atoms with E-state index in [0.717, 1.165) is 0 Å². The fourth-order valence-corrected chi connectivity index (χ4v) is 4.47. The topological polar surface area (TPSA) is 83.8 Å². The van der Waals surface area contributed by atoms with Crippen LogP contribution >= 0.6 is 8.25 Å². The number of aromatic hydroxyl groups is 1. The Hall–Kier alpha value is -1.29. The molecule has 28 heavy (non-hydrogen) atoms. The van der Waals surface area contributed by atoms with Crippen LogP contribution in [0.25, 0.3) is 0 Å². The van der Waals surface area contributed by atoms with E-state index in [0.29, 0.717) is 16.7 Å². The Morgan fingerprint density at radius 3 is 1.54 bits per heavy atom. The maximum Gasteiger partial charge on any atom is 0.695 e. The Bertz CT molecular complexity index is 708. The van der Waals surface area contributed by atoms with Crippen molar-refractivity contribution in [2.24, 2.45) is 11.8 Å². The molecule has 1 aromatic rings. The third-order valence-electron chi connectivity index (χ3n) is 5.29. The summed E-state index contributed by atoms with van der Waals surface area (Å²) in [6.07, 6.45) is 0. The van der Waals surface area contributed by atoms with Gasteiger partial charge in [0.25, 0.3) is 0 Å². The number of carbonyl (C=O) groups excluding carboxylic acids is 1. The van der Waals surface area contributed by atoms with E-state index < -0.39 is 13.9 Å². The molecule has 0 aliphatic heterocycles. The first kappa shape index (κ1) is 24.7. The van der Waals surface area contributed by atoms with Crippen molar-refractivity contribution >= 4 is 14.0 Å². The summed E-state index contributed by atoms with van der Waals surface area (Å²) >= 11 is 0. The third-order valence-corrected chi connectivity index (χ3v) is 5.75. The molecular formula is C22H36O5P+. The zero-order valence-electron chi connectivity index (χ0n) is 18.9. The molecule has 0 saturated carbocycles. The Morgan fingerprint density at radius 2 is 1.29 bits per heavy atom. The summed E-state index contributed by atoms with van der Waals surface area (Å²) in [6, 6.07) is 3.39. The Balaban J connectivity index is 3.86. The molecule has 5 nitrogen and oxygen atoms in total. The van der Waals surface area contributed by atoms with Gasteiger partial charge in [0.05, 0.1) is 0 Å². The molecule has 0 bridgehead atoms. The van der Waals surface area contributed by atoms with Gasteiger partial charge in [-0.1, -0.05) is 69.2 Å². The van der Waals surface area contributed by atoms with Crippen molar-refractivity contribution in [3.8, 4) is 5.75 Å². The van der Waals surface area contributed by atoms with Crippen molar-refractivity contribution < 1.29 is 23.9 Å². The monoisotopic (exact) mass is 411 g/mol. The molecule has 158 valence electrons. The van der Waals surface area contributed by atoms with E-state index in [1.807, 2.05) is 69.2 Å². The number of phenolic OH excluding ortho intramolecular Hbond substituents is 1. The molecule has 0 aliphatic carbocycles. The zero-order valence-corrected chi connectivity index (χ0v) is 19.8. The second-order valence-electron chi connectivity index (χ2n) is 10.2. The molecule has 0 aromatic heterocycles. The Kier molecular flexibility index (Phi) is 7.26. The largest absolute Gasteiger partial charge is 0.695 e. The molecule has 0 amide bonds. The van der Waals surface area contributed by atoms with Gasteiger partial charge >= 0.3 is 8.25 Å². The molecular weight excluding hydrogens is 375 g/mol. The smallest absolute Gasteiger partial charge is 0.507 e. The van der Waals surface area contributed by atoms with Crippen LogP contribution in [-0.2, 0) is 19.9 Å². The lowest BCUT2D eigenvalue weighted by Crippen LogP contribution is -2.49. The highest BCUT2D eigenvalue weighted by molar-refractivity contribution is 7.32. The standard InChI is InChI=1S/C22H35O5P/c1-13(2)22(14(3)4,27-28(25)26)19(24)15-11-16(20(5,6)7)18(23)17(12-15)21(8,9)10/h11-14H,1-10H3,(H-,23,24,25,26)/p+1. The highest BCUT2D eigenvalue weighted by Crippen LogP contribution is 2.44. The molecule has 0 spiro atoms. The van der Waals surface area contributed by atoms with Crippen LogP contribution in [0.4, 0.5) is 0 Å². The molecule has 0 saturated heterocycles. The average molecular weight is 411 g/mol. The summed E-state index contributed by atoms with van der Waals surface area (Å²) in [4.78, 5) is 23.2. The van der Waals surface area contributed by atoms with Crippen LogP contribution < -0.4 is 0 Å². The third kappa shape index (κ3) is 4.82. The molecule has 1 rings (SSSR count). The quantitative estimate of drug-likeness (QED) is 0.451. The van der Waals surface area contributed by atoms with Gasteiger partial charge in [0, 0.05) is 21.3 Å². The number of rotatable bonds is 6. The van der Waals surface area contributed by atoms with E-state index in [1.165, 1.54) is 0 Å². The van der Waals surface area contributed by atoms with Crippen LogP contribution in [0, 0.1) is 11.8 Å². The van der Waals surface area contributed by atoms with E-state index in [9.17, 15) is 19.4 Å². The summed E-state index contributed by atoms with van der Waals surface area (Å²) in [5, 5.41) is 10.9. The molecule has 2 N–H and O–H groups in total. The number of hydrogen-bond donors (Lipinski definition) is 2. The van der Waals surface area contributed by atoms with Crippen LogP contribution in [0.3, 0.4) is 0 Å². The Morgan fingerprint density at radius 1 is 0.929 bits per heavy atom. The second kappa shape index (κ2) is 8.22. The fraction of sp³-hybridized carbons (Fsp3) is 0.682. The summed E-state index contributed by atoms with van der Waals surface area (Å²) < 4.78 is 17.0. The molecule has 1 aromatic carbocycles. The van der Waals surface area contributed by atoms with E-state index in [2.05, 4.69) is 0 Å². The number of carbonyl (C=O) groups is 1. The lowest BCUT2D eigenvalue weighted by Gasteiger charge is -2.35. The SMILES string of the molecule is CC(C)C(O[P+](=O)O)(C(=O)c1cc(C(C)(C)C)c(O)c(C(C)(C)C)c1)C(C)C. The van der Waals surface area contributed by atoms with Gasteiger partial charge in [-0.15, -0.1) is 9.42 Å². The normalized spacial score (nSPS) is 14.0. The minimum absolute atomic E-state index is 0.186. The molecule has 0 radical (unpaired) electrons. The summed E-state index contributed by atoms with van der Waals surface area (Å²) in [7, 11) is -2.96. The van der Waals surface area contributed by atoms with Crippen molar-refractivity contribution in [1.29, 1.82) is 0 Å². The summed E-state index contributed by atoms with van der Waals surface area (Å²) in [6.45, 7) is 19.1. The van der Waals surface area contributed by atoms with Crippen molar-refractivity contribution in [3.63, 3.8) is 0 Å². The molecule has 0 fully saturated rings. The van der Waals surface area contributed by atoms with Crippen LogP contribution in [0.15, 0.2) is 12.1 Å². The van der Waals surface area contributed by atoms with Gasteiger partial charge in [0.2, 0.25) is 0 Å². The molecule has 1 unspecified atom stereocenters. The molecule has 0 aliphatic rings. The minimum Gasteiger partial charge on any atom is -0.507 e. The Labute approximate surface area is 170 Å². The van der Waals surface area contributed by atoms with Crippen LogP contribution in [0.1, 0.15) is 90.7 Å². The molecule has 0 heterocycles. The number of benzene rings is 1. The number of phenols is 1. The number of hydrogen-bond acceptors (Lipinski definition) is 4. The van der Waals surface area contributed by atoms with Gasteiger partial charge in [0.1, 0.15) is 5.75 Å². The maximum absolute atomic E-state index is 13.7. The van der Waals surface area contributed by atoms with E-state index in [1.54, 1.807) is 12.1 Å². The predicted molar refractivity (Wildman–Crippen MR) is 113 cm³/mol. The first-order valence-corrected chi connectivity index (χ1v) is 10.9. The van der Waals surface area contributed by atoms with Gasteiger partial charge in [-0.25, -0.2) is 0 Å². The number of Topliss-reactive ketones (excluding diaryl/α,β-unsaturated/α-hetero) is 1. The van der Waals surface area contributed by atoms with Crippen LogP contribution in [0.2, 0.25) is 0 Å². The lowest BCUT2D eigenvalue weighted by molar-refractivity contribution is -0.00631. The van der Waals surface area contributed by atoms with Crippen molar-refractivity contribution in [3.05, 3.63) is 28.8 Å². The van der Waals surface area contributed by atoms with Gasteiger partial charge < -0.3 is 5.11 Å². The van der Waals surface area contributed by atoms with Gasteiger partial charge in [0.15, 0.2) is 11.4 Å². The van der Waals surface area contributed by atoms with Crippen LogP contribution in [-0.4, -0.2) is 21.4 Å². The number of ketones is 1. The van der Waals surface area contributed by atoms with Crippen LogP contribution in [0.5, 0.6) is 5.75 Å². The lowest BCUT2D eigenvalue weighted by atomic mass is 9.72. The van der Waals surface area contributed by atoms with Crippen molar-refractivity contribution in [2.45, 2.75) is 85.7 Å². The fourth-order valence-electron chi connectivity index (χ4n) is 3.71. The molecule has 1 atom stereocenters. The van der Waals surface area contributed by atoms with Crippen molar-refractivity contribution in [2.75, 3.05) is 0 Å². The maximum atomic E-state index is 13.7. The highest BCUT2D eigenvalue weighted by atomic mass is 31.1. The first-order valence-electron chi connectivity index (χ1n) is 9.74. The average Bonchev–Trinajstić information content (AvgIpc) is 2.48. The minimum atomic E-state index is -2.96. The summed E-state index contributed by atoms with van der Waals surface area (Å²) in [5.41, 5.74) is -0.504. The summed E-state index contributed by atoms with van der Waals surface area (Å²) in [5.74, 6) is -0.802. The second-order valence-corrected chi connectivity index (χ2v) is 10.8. The predicted octanol–water partition coefficient (Wildman–Crippen LogP) is 5.89. The van der Waals surface area contributed by atoms with Gasteiger partial charge in [-0.3, -0.25) is 4.79 Å². The van der Waals surface area contributed by atoms with E-state index in [4.69, 9.17) is 4.52 Å². The first-order chi connectivity index (χ1) is 12.5.